The fourth-order valence-corrected chi connectivity index (χ4v) is 4.06. The van der Waals surface area contributed by atoms with Crippen LogP contribution >= 0.6 is 0 Å². The number of primary amides is 1. The molecule has 1 aromatic carbocycles. The van der Waals surface area contributed by atoms with Crippen molar-refractivity contribution in [2.24, 2.45) is 5.73 Å². The molecule has 2 saturated heterocycles. The van der Waals surface area contributed by atoms with Gasteiger partial charge in [-0.25, -0.2) is 4.79 Å². The Morgan fingerprint density at radius 1 is 1.00 bits per heavy atom. The molecule has 1 aromatic rings. The lowest BCUT2D eigenvalue weighted by molar-refractivity contribution is -0.135. The van der Waals surface area contributed by atoms with Gasteiger partial charge in [-0.1, -0.05) is 30.3 Å². The van der Waals surface area contributed by atoms with Crippen molar-refractivity contribution in [3.63, 3.8) is 0 Å². The zero-order chi connectivity index (χ0) is 18.4. The molecule has 0 aliphatic carbocycles. The Balaban J connectivity index is 1.45. The molecule has 0 unspecified atom stereocenters. The number of rotatable bonds is 5. The van der Waals surface area contributed by atoms with Gasteiger partial charge in [0.25, 0.3) is 0 Å². The van der Waals surface area contributed by atoms with Gasteiger partial charge in [0.1, 0.15) is 6.04 Å². The molecule has 0 aromatic heterocycles. The zero-order valence-corrected chi connectivity index (χ0v) is 15.5. The molecule has 2 heterocycles. The maximum atomic E-state index is 12.8. The summed E-state index contributed by atoms with van der Waals surface area (Å²) in [4.78, 5) is 30.3. The van der Waals surface area contributed by atoms with E-state index in [1.165, 1.54) is 10.5 Å². The SMILES string of the molecule is NC(=O)N1CCC[C@H]1C(=O)N1CCCN(CCCc2ccccc2)CC1. The second kappa shape index (κ2) is 9.03. The molecule has 0 spiro atoms. The third-order valence-electron chi connectivity index (χ3n) is 5.50. The normalized spacial score (nSPS) is 21.6. The zero-order valence-electron chi connectivity index (χ0n) is 15.5. The van der Waals surface area contributed by atoms with E-state index in [4.69, 9.17) is 5.73 Å². The Bertz CT molecular complexity index is 607. The molecule has 2 aliphatic rings. The third-order valence-corrected chi connectivity index (χ3v) is 5.50. The molecule has 0 bridgehead atoms. The second-order valence-electron chi connectivity index (χ2n) is 7.30. The van der Waals surface area contributed by atoms with Crippen LogP contribution in [0.3, 0.4) is 0 Å². The smallest absolute Gasteiger partial charge is 0.315 e. The number of hydrogen-bond donors (Lipinski definition) is 1. The average molecular weight is 358 g/mol. The number of likely N-dealkylation sites (tertiary alicyclic amines) is 1. The molecule has 6 nitrogen and oxygen atoms in total. The molecule has 6 heteroatoms. The summed E-state index contributed by atoms with van der Waals surface area (Å²) in [6.45, 7) is 5.12. The van der Waals surface area contributed by atoms with Gasteiger partial charge < -0.3 is 20.4 Å². The largest absolute Gasteiger partial charge is 0.351 e. The predicted octanol–water partition coefficient (Wildman–Crippen LogP) is 1.70. The van der Waals surface area contributed by atoms with E-state index in [0.29, 0.717) is 6.54 Å². The van der Waals surface area contributed by atoms with Crippen LogP contribution in [0.5, 0.6) is 0 Å². The highest BCUT2D eigenvalue weighted by Crippen LogP contribution is 2.20. The molecular formula is C20H30N4O2. The fourth-order valence-electron chi connectivity index (χ4n) is 4.06. The molecule has 26 heavy (non-hydrogen) atoms. The molecule has 0 radical (unpaired) electrons. The van der Waals surface area contributed by atoms with E-state index >= 15 is 0 Å². The topological polar surface area (TPSA) is 69.9 Å². The second-order valence-corrected chi connectivity index (χ2v) is 7.30. The van der Waals surface area contributed by atoms with Crippen molar-refractivity contribution >= 4 is 11.9 Å². The highest BCUT2D eigenvalue weighted by Gasteiger charge is 2.35. The van der Waals surface area contributed by atoms with Gasteiger partial charge in [0.15, 0.2) is 0 Å². The lowest BCUT2D eigenvalue weighted by Crippen LogP contribution is -2.50. The van der Waals surface area contributed by atoms with E-state index in [1.807, 2.05) is 11.0 Å². The van der Waals surface area contributed by atoms with Crippen LogP contribution in [-0.4, -0.2) is 71.9 Å². The van der Waals surface area contributed by atoms with Crippen LogP contribution in [-0.2, 0) is 11.2 Å². The van der Waals surface area contributed by atoms with Gasteiger partial charge in [-0.3, -0.25) is 4.79 Å². The minimum absolute atomic E-state index is 0.0763. The lowest BCUT2D eigenvalue weighted by atomic mass is 10.1. The maximum Gasteiger partial charge on any atom is 0.315 e. The summed E-state index contributed by atoms with van der Waals surface area (Å²) in [7, 11) is 0. The summed E-state index contributed by atoms with van der Waals surface area (Å²) in [5.74, 6) is 0.0763. The van der Waals surface area contributed by atoms with E-state index < -0.39 is 6.03 Å². The molecule has 0 saturated carbocycles. The Labute approximate surface area is 155 Å². The van der Waals surface area contributed by atoms with Crippen molar-refractivity contribution in [1.82, 2.24) is 14.7 Å². The predicted molar refractivity (Wildman–Crippen MR) is 102 cm³/mol. The van der Waals surface area contributed by atoms with Crippen molar-refractivity contribution in [1.29, 1.82) is 0 Å². The van der Waals surface area contributed by atoms with Crippen LogP contribution in [0.15, 0.2) is 30.3 Å². The third kappa shape index (κ3) is 4.75. The molecule has 1 atom stereocenters. The van der Waals surface area contributed by atoms with E-state index in [2.05, 4.69) is 29.2 Å². The van der Waals surface area contributed by atoms with Crippen LogP contribution in [0.25, 0.3) is 0 Å². The van der Waals surface area contributed by atoms with Gasteiger partial charge in [-0.15, -0.1) is 0 Å². The fraction of sp³-hybridized carbons (Fsp3) is 0.600. The van der Waals surface area contributed by atoms with Crippen LogP contribution in [0.1, 0.15) is 31.2 Å². The Hall–Kier alpha value is -2.08. The molecule has 2 N–H and O–H groups in total. The first-order valence-corrected chi connectivity index (χ1v) is 9.76. The molecule has 3 rings (SSSR count). The number of carbonyl (C=O) groups excluding carboxylic acids is 2. The summed E-state index contributed by atoms with van der Waals surface area (Å²) < 4.78 is 0. The van der Waals surface area contributed by atoms with Gasteiger partial charge in [0.05, 0.1) is 0 Å². The van der Waals surface area contributed by atoms with E-state index in [1.54, 1.807) is 0 Å². The van der Waals surface area contributed by atoms with Gasteiger partial charge in [-0.05, 0) is 50.8 Å². The van der Waals surface area contributed by atoms with Gasteiger partial charge >= 0.3 is 6.03 Å². The average Bonchev–Trinajstić information content (AvgIpc) is 3.03. The Morgan fingerprint density at radius 3 is 2.58 bits per heavy atom. The number of benzene rings is 1. The van der Waals surface area contributed by atoms with Crippen LogP contribution in [0.2, 0.25) is 0 Å². The van der Waals surface area contributed by atoms with Crippen LogP contribution in [0, 0.1) is 0 Å². The summed E-state index contributed by atoms with van der Waals surface area (Å²) in [5, 5.41) is 0. The van der Waals surface area contributed by atoms with Crippen molar-refractivity contribution < 1.29 is 9.59 Å². The summed E-state index contributed by atoms with van der Waals surface area (Å²) in [5.41, 5.74) is 6.80. The highest BCUT2D eigenvalue weighted by molar-refractivity contribution is 5.87. The van der Waals surface area contributed by atoms with Crippen molar-refractivity contribution in [3.05, 3.63) is 35.9 Å². The number of nitrogens with two attached hydrogens (primary N) is 1. The molecular weight excluding hydrogens is 328 g/mol. The summed E-state index contributed by atoms with van der Waals surface area (Å²) >= 11 is 0. The van der Waals surface area contributed by atoms with E-state index in [0.717, 1.165) is 64.8 Å². The minimum Gasteiger partial charge on any atom is -0.351 e. The number of urea groups is 1. The first-order chi connectivity index (χ1) is 12.6. The van der Waals surface area contributed by atoms with Crippen molar-refractivity contribution in [2.75, 3.05) is 39.3 Å². The minimum atomic E-state index is -0.474. The van der Waals surface area contributed by atoms with E-state index in [9.17, 15) is 9.59 Å². The highest BCUT2D eigenvalue weighted by atomic mass is 16.2. The number of carbonyl (C=O) groups is 2. The van der Waals surface area contributed by atoms with Crippen LogP contribution < -0.4 is 5.73 Å². The Morgan fingerprint density at radius 2 is 1.81 bits per heavy atom. The van der Waals surface area contributed by atoms with Gasteiger partial charge in [0, 0.05) is 26.2 Å². The van der Waals surface area contributed by atoms with Crippen molar-refractivity contribution in [3.8, 4) is 0 Å². The van der Waals surface area contributed by atoms with Gasteiger partial charge in [-0.2, -0.15) is 0 Å². The molecule has 2 aliphatic heterocycles. The van der Waals surface area contributed by atoms with Gasteiger partial charge in [0.2, 0.25) is 5.91 Å². The molecule has 2 fully saturated rings. The standard InChI is InChI=1S/C20H30N4O2/c21-20(26)24-14-5-10-18(24)19(25)23-13-6-12-22(15-16-23)11-4-9-17-7-2-1-3-8-17/h1-3,7-8,18H,4-6,9-16H2,(H2,21,26)/t18-/m0/s1. The summed E-state index contributed by atoms with van der Waals surface area (Å²) in [6.07, 6.45) is 4.81. The number of aryl methyl sites for hydroxylation is 1. The first kappa shape index (κ1) is 18.7. The monoisotopic (exact) mass is 358 g/mol. The quantitative estimate of drug-likeness (QED) is 0.871. The summed E-state index contributed by atoms with van der Waals surface area (Å²) in [6, 6.07) is 9.75. The number of hydrogen-bond acceptors (Lipinski definition) is 3. The van der Waals surface area contributed by atoms with E-state index in [-0.39, 0.29) is 11.9 Å². The molecule has 142 valence electrons. The number of nitrogens with zero attached hydrogens (tertiary/aromatic N) is 3. The Kier molecular flexibility index (Phi) is 6.50. The maximum absolute atomic E-state index is 12.8. The van der Waals surface area contributed by atoms with Crippen molar-refractivity contribution in [2.45, 2.75) is 38.1 Å². The molecule has 3 amide bonds. The van der Waals surface area contributed by atoms with Crippen LogP contribution in [0.4, 0.5) is 4.79 Å². The first-order valence-electron chi connectivity index (χ1n) is 9.76. The lowest BCUT2D eigenvalue weighted by Gasteiger charge is -2.28. The number of amides is 3.